The molecule has 1 atom stereocenters. The van der Waals surface area contributed by atoms with E-state index >= 15 is 0 Å². The normalized spacial score (nSPS) is 12.4. The van der Waals surface area contributed by atoms with Crippen molar-refractivity contribution in [1.29, 1.82) is 0 Å². The van der Waals surface area contributed by atoms with Crippen LogP contribution in [-0.2, 0) is 18.3 Å². The first-order valence-electron chi connectivity index (χ1n) is 4.81. The summed E-state index contributed by atoms with van der Waals surface area (Å²) in [7, 11) is 1.60. The molecule has 0 radical (unpaired) electrons. The molecule has 0 fully saturated rings. The molecule has 0 saturated carbocycles. The van der Waals surface area contributed by atoms with Crippen LogP contribution in [0.3, 0.4) is 0 Å². The first-order chi connectivity index (χ1) is 7.43. The summed E-state index contributed by atoms with van der Waals surface area (Å²) < 4.78 is 1.41. The van der Waals surface area contributed by atoms with Gasteiger partial charge in [-0.15, -0.1) is 0 Å². The minimum absolute atomic E-state index is 0.0555. The Morgan fingerprint density at radius 1 is 1.75 bits per heavy atom. The van der Waals surface area contributed by atoms with Gasteiger partial charge in [0.15, 0.2) is 0 Å². The number of nitro groups is 1. The molecule has 0 saturated heterocycles. The third-order valence-corrected chi connectivity index (χ3v) is 2.47. The second-order valence-corrected chi connectivity index (χ2v) is 3.64. The van der Waals surface area contributed by atoms with Crippen LogP contribution in [0.1, 0.15) is 19.0 Å². The van der Waals surface area contributed by atoms with E-state index in [1.54, 1.807) is 14.0 Å². The Labute approximate surface area is 91.8 Å². The maximum Gasteiger partial charge on any atom is 0.310 e. The zero-order valence-electron chi connectivity index (χ0n) is 9.08. The largest absolute Gasteiger partial charge is 0.481 e. The molecule has 0 aliphatic carbocycles. The molecule has 16 heavy (non-hydrogen) atoms. The molecule has 0 aliphatic heterocycles. The van der Waals surface area contributed by atoms with Gasteiger partial charge in [-0.05, 0) is 12.8 Å². The highest BCUT2D eigenvalue weighted by Gasteiger charge is 2.20. The van der Waals surface area contributed by atoms with Crippen LogP contribution in [0.2, 0.25) is 0 Å². The third-order valence-electron chi connectivity index (χ3n) is 2.47. The Morgan fingerprint density at radius 2 is 2.38 bits per heavy atom. The summed E-state index contributed by atoms with van der Waals surface area (Å²) >= 11 is 0. The Morgan fingerprint density at radius 3 is 2.88 bits per heavy atom. The van der Waals surface area contributed by atoms with Gasteiger partial charge in [0.05, 0.1) is 10.8 Å². The Bertz CT molecular complexity index is 413. The van der Waals surface area contributed by atoms with Gasteiger partial charge in [0, 0.05) is 7.05 Å². The molecule has 1 aromatic rings. The Kier molecular flexibility index (Phi) is 3.60. The lowest BCUT2D eigenvalue weighted by molar-refractivity contribution is -0.385. The lowest BCUT2D eigenvalue weighted by Crippen LogP contribution is -2.12. The molecule has 1 N–H and O–H groups in total. The zero-order chi connectivity index (χ0) is 12.3. The summed E-state index contributed by atoms with van der Waals surface area (Å²) in [6, 6.07) is 0. The number of hydrogen-bond acceptors (Lipinski definition) is 4. The summed E-state index contributed by atoms with van der Waals surface area (Å²) in [5.74, 6) is -1.42. The monoisotopic (exact) mass is 227 g/mol. The molecule has 1 rings (SSSR count). The van der Waals surface area contributed by atoms with Crippen LogP contribution >= 0.6 is 0 Å². The van der Waals surface area contributed by atoms with Crippen molar-refractivity contribution in [2.75, 3.05) is 0 Å². The van der Waals surface area contributed by atoms with Crippen molar-refractivity contribution < 1.29 is 14.8 Å². The van der Waals surface area contributed by atoms with Gasteiger partial charge in [-0.25, -0.2) is 0 Å². The van der Waals surface area contributed by atoms with Crippen LogP contribution in [0.5, 0.6) is 0 Å². The molecular weight excluding hydrogens is 214 g/mol. The van der Waals surface area contributed by atoms with E-state index in [1.807, 2.05) is 0 Å². The van der Waals surface area contributed by atoms with Crippen molar-refractivity contribution in [2.45, 2.75) is 19.8 Å². The van der Waals surface area contributed by atoms with E-state index in [-0.39, 0.29) is 5.69 Å². The van der Waals surface area contributed by atoms with Crippen LogP contribution in [0.25, 0.3) is 0 Å². The van der Waals surface area contributed by atoms with E-state index in [2.05, 4.69) is 5.10 Å². The number of carboxylic acid groups (broad SMARTS) is 1. The molecule has 1 unspecified atom stereocenters. The first kappa shape index (κ1) is 12.2. The molecule has 88 valence electrons. The van der Waals surface area contributed by atoms with Crippen molar-refractivity contribution >= 4 is 11.7 Å². The SMILES string of the molecule is CC(CCc1c([N+](=O)[O-])cnn1C)C(=O)O. The van der Waals surface area contributed by atoms with Crippen molar-refractivity contribution in [1.82, 2.24) is 9.78 Å². The fraction of sp³-hybridized carbons (Fsp3) is 0.556. The number of aryl methyl sites for hydroxylation is 1. The Balaban J connectivity index is 2.77. The van der Waals surface area contributed by atoms with Gasteiger partial charge in [0.1, 0.15) is 11.9 Å². The maximum atomic E-state index is 10.6. The van der Waals surface area contributed by atoms with Crippen LogP contribution in [0.15, 0.2) is 6.20 Å². The van der Waals surface area contributed by atoms with E-state index in [9.17, 15) is 14.9 Å². The Hall–Kier alpha value is -1.92. The van der Waals surface area contributed by atoms with E-state index in [0.29, 0.717) is 18.5 Å². The fourth-order valence-electron chi connectivity index (χ4n) is 1.37. The lowest BCUT2D eigenvalue weighted by Gasteiger charge is -2.05. The van der Waals surface area contributed by atoms with Crippen LogP contribution < -0.4 is 0 Å². The molecule has 7 nitrogen and oxygen atoms in total. The number of aliphatic carboxylic acids is 1. The van der Waals surface area contributed by atoms with Crippen molar-refractivity contribution in [3.05, 3.63) is 22.0 Å². The van der Waals surface area contributed by atoms with Crippen molar-refractivity contribution in [2.24, 2.45) is 13.0 Å². The predicted molar refractivity (Wildman–Crippen MR) is 55.0 cm³/mol. The molecule has 0 bridgehead atoms. The summed E-state index contributed by atoms with van der Waals surface area (Å²) in [5.41, 5.74) is 0.401. The molecule has 0 aromatic carbocycles. The maximum absolute atomic E-state index is 10.6. The highest BCUT2D eigenvalue weighted by atomic mass is 16.6. The highest BCUT2D eigenvalue weighted by Crippen LogP contribution is 2.20. The standard InChI is InChI=1S/C9H13N3O4/c1-6(9(13)14)3-4-7-8(12(15)16)5-10-11(7)2/h5-6H,3-4H2,1-2H3,(H,13,14). The first-order valence-corrected chi connectivity index (χ1v) is 4.81. The minimum Gasteiger partial charge on any atom is -0.481 e. The molecule has 0 amide bonds. The molecular formula is C9H13N3O4. The summed E-state index contributed by atoms with van der Waals surface area (Å²) in [6.45, 7) is 1.57. The van der Waals surface area contributed by atoms with Gasteiger partial charge in [-0.1, -0.05) is 6.92 Å². The van der Waals surface area contributed by atoms with E-state index in [1.165, 1.54) is 10.9 Å². The summed E-state index contributed by atoms with van der Waals surface area (Å²) in [4.78, 5) is 20.7. The number of aromatic nitrogens is 2. The van der Waals surface area contributed by atoms with E-state index in [4.69, 9.17) is 5.11 Å². The van der Waals surface area contributed by atoms with Crippen LogP contribution in [0, 0.1) is 16.0 Å². The number of carboxylic acids is 1. The van der Waals surface area contributed by atoms with E-state index in [0.717, 1.165) is 0 Å². The number of rotatable bonds is 5. The molecule has 0 aliphatic rings. The molecule has 7 heteroatoms. The number of nitrogens with zero attached hydrogens (tertiary/aromatic N) is 3. The number of hydrogen-bond donors (Lipinski definition) is 1. The van der Waals surface area contributed by atoms with Crippen LogP contribution in [-0.4, -0.2) is 25.8 Å². The van der Waals surface area contributed by atoms with Gasteiger partial charge in [0.25, 0.3) is 0 Å². The molecule has 0 spiro atoms. The summed E-state index contributed by atoms with van der Waals surface area (Å²) in [5, 5.41) is 23.1. The van der Waals surface area contributed by atoms with E-state index < -0.39 is 16.8 Å². The van der Waals surface area contributed by atoms with Crippen LogP contribution in [0.4, 0.5) is 5.69 Å². The lowest BCUT2D eigenvalue weighted by atomic mass is 10.0. The number of carbonyl (C=O) groups is 1. The fourth-order valence-corrected chi connectivity index (χ4v) is 1.37. The van der Waals surface area contributed by atoms with Gasteiger partial charge < -0.3 is 5.11 Å². The van der Waals surface area contributed by atoms with Gasteiger partial charge >= 0.3 is 11.7 Å². The molecule has 1 aromatic heterocycles. The zero-order valence-corrected chi connectivity index (χ0v) is 9.08. The minimum atomic E-state index is -0.898. The second kappa shape index (κ2) is 4.73. The average Bonchev–Trinajstić information content (AvgIpc) is 2.56. The van der Waals surface area contributed by atoms with Crippen molar-refractivity contribution in [3.8, 4) is 0 Å². The molecule has 1 heterocycles. The summed E-state index contributed by atoms with van der Waals surface area (Å²) in [6.07, 6.45) is 1.87. The smallest absolute Gasteiger partial charge is 0.310 e. The second-order valence-electron chi connectivity index (χ2n) is 3.64. The third kappa shape index (κ3) is 2.56. The quantitative estimate of drug-likeness (QED) is 0.597. The van der Waals surface area contributed by atoms with Gasteiger partial charge in [-0.2, -0.15) is 5.10 Å². The average molecular weight is 227 g/mol. The van der Waals surface area contributed by atoms with Gasteiger partial charge in [-0.3, -0.25) is 19.6 Å². The topological polar surface area (TPSA) is 98.3 Å². The van der Waals surface area contributed by atoms with Gasteiger partial charge in [0.2, 0.25) is 0 Å². The predicted octanol–water partition coefficient (Wildman–Crippen LogP) is 0.982. The van der Waals surface area contributed by atoms with Crippen molar-refractivity contribution in [3.63, 3.8) is 0 Å². The highest BCUT2D eigenvalue weighted by molar-refractivity contribution is 5.69.